The van der Waals surface area contributed by atoms with E-state index < -0.39 is 55.2 Å². The molecule has 14 nitrogen and oxygen atoms in total. The number of imidazole rings is 1. The van der Waals surface area contributed by atoms with Crippen molar-refractivity contribution in [3.05, 3.63) is 65.5 Å². The Morgan fingerprint density at radius 3 is 2.65 bits per heavy atom. The summed E-state index contributed by atoms with van der Waals surface area (Å²) in [5.74, 6) is -6.33. The second-order valence-corrected chi connectivity index (χ2v) is 9.57. The Hall–Kier alpha value is -4.18. The smallest absolute Gasteiger partial charge is 0.348 e. The molecule has 3 atom stereocenters. The Balaban J connectivity index is 1.34. The molecule has 1 saturated heterocycles. The molecular weight excluding hydrogens is 553 g/mol. The molecule has 5 N–H and O–H groups in total. The zero-order chi connectivity index (χ0) is 28.7. The van der Waals surface area contributed by atoms with Gasteiger partial charge in [0.25, 0.3) is 5.60 Å². The summed E-state index contributed by atoms with van der Waals surface area (Å²) in [4.78, 5) is 36.1. The third kappa shape index (κ3) is 4.83. The average Bonchev–Trinajstić information content (AvgIpc) is 3.61. The quantitative estimate of drug-likeness (QED) is 0.154. The molecule has 0 aliphatic carbocycles. The van der Waals surface area contributed by atoms with Gasteiger partial charge in [-0.25, -0.2) is 19.0 Å². The van der Waals surface area contributed by atoms with Crippen molar-refractivity contribution in [1.29, 1.82) is 0 Å². The number of nitrogens with zero attached hydrogens (tertiary/aromatic N) is 6. The number of benzene rings is 1. The number of ether oxygens (including phenoxy) is 2. The van der Waals surface area contributed by atoms with Crippen LogP contribution in [0.5, 0.6) is 0 Å². The average molecular weight is 576 g/mol. The van der Waals surface area contributed by atoms with Crippen LogP contribution >= 0.6 is 11.6 Å². The summed E-state index contributed by atoms with van der Waals surface area (Å²) in [5, 5.41) is 34.5. The molecule has 0 radical (unpaired) electrons. The van der Waals surface area contributed by atoms with E-state index in [4.69, 9.17) is 26.8 Å². The number of aliphatic hydroxyl groups excluding tert-OH is 1. The van der Waals surface area contributed by atoms with Gasteiger partial charge in [0.2, 0.25) is 11.1 Å². The van der Waals surface area contributed by atoms with Crippen LogP contribution in [0, 0.1) is 0 Å². The third-order valence-electron chi connectivity index (χ3n) is 6.61. The number of anilines is 1. The molecule has 5 rings (SSSR count). The normalized spacial score (nSPS) is 21.2. The molecule has 1 fully saturated rings. The standard InChI is InChI=1S/C24H23ClFN7O7/c25-22-30-18(27)16-19(31-22)33(12-28-16)24(26)11-39-15(17(24)34)10-40-23(20(35)36,21(37)38)6-14-7-29-32(9-14)8-13-4-2-1-3-5-13/h1-5,7,9,12,15,17,34H,6,8,10-11H2,(H,35,36)(H,37,38)(H2,27,30,31)/t15-,17-,24+/m1/s1. The highest BCUT2D eigenvalue weighted by molar-refractivity contribution is 6.28. The number of hydrogen-bond donors (Lipinski definition) is 4. The highest BCUT2D eigenvalue weighted by Gasteiger charge is 2.55. The van der Waals surface area contributed by atoms with Gasteiger partial charge in [-0.1, -0.05) is 30.3 Å². The lowest BCUT2D eigenvalue weighted by Gasteiger charge is -2.28. The van der Waals surface area contributed by atoms with Gasteiger partial charge in [0.15, 0.2) is 11.5 Å². The molecule has 1 aromatic carbocycles. The number of carboxylic acid groups (broad SMARTS) is 2. The van der Waals surface area contributed by atoms with E-state index in [0.717, 1.165) is 16.5 Å². The maximum absolute atomic E-state index is 16.1. The van der Waals surface area contributed by atoms with Crippen LogP contribution in [0.15, 0.2) is 49.1 Å². The van der Waals surface area contributed by atoms with E-state index in [1.807, 2.05) is 30.3 Å². The second-order valence-electron chi connectivity index (χ2n) is 9.23. The van der Waals surface area contributed by atoms with Crippen molar-refractivity contribution in [3.8, 4) is 0 Å². The number of nitrogens with two attached hydrogens (primary N) is 1. The summed E-state index contributed by atoms with van der Waals surface area (Å²) in [6, 6.07) is 9.33. The molecule has 3 aromatic heterocycles. The van der Waals surface area contributed by atoms with Crippen molar-refractivity contribution in [3.63, 3.8) is 0 Å². The fraction of sp³-hybridized carbons (Fsp3) is 0.333. The Morgan fingerprint density at radius 1 is 1.23 bits per heavy atom. The van der Waals surface area contributed by atoms with Gasteiger partial charge in [-0.2, -0.15) is 15.1 Å². The summed E-state index contributed by atoms with van der Waals surface area (Å²) in [6.45, 7) is -1.11. The Morgan fingerprint density at radius 2 is 1.95 bits per heavy atom. The van der Waals surface area contributed by atoms with Crippen molar-refractivity contribution >= 4 is 40.5 Å². The second kappa shape index (κ2) is 10.4. The van der Waals surface area contributed by atoms with Crippen molar-refractivity contribution in [2.45, 2.75) is 36.6 Å². The number of halogens is 2. The molecule has 40 heavy (non-hydrogen) atoms. The summed E-state index contributed by atoms with van der Waals surface area (Å²) < 4.78 is 29.3. The summed E-state index contributed by atoms with van der Waals surface area (Å²) in [6.07, 6.45) is -0.105. The maximum Gasteiger partial charge on any atom is 0.348 e. The van der Waals surface area contributed by atoms with Gasteiger partial charge in [-0.05, 0) is 22.7 Å². The predicted molar refractivity (Wildman–Crippen MR) is 135 cm³/mol. The van der Waals surface area contributed by atoms with Crippen LogP contribution in [0.2, 0.25) is 5.28 Å². The zero-order valence-electron chi connectivity index (χ0n) is 20.6. The lowest BCUT2D eigenvalue weighted by atomic mass is 9.95. The van der Waals surface area contributed by atoms with E-state index in [-0.39, 0.29) is 27.8 Å². The van der Waals surface area contributed by atoms with E-state index in [2.05, 4.69) is 20.1 Å². The first-order valence-corrected chi connectivity index (χ1v) is 12.2. The number of nitrogen functional groups attached to an aromatic ring is 1. The molecule has 4 aromatic rings. The van der Waals surface area contributed by atoms with Crippen LogP contribution in [0.25, 0.3) is 11.2 Å². The minimum Gasteiger partial charge on any atom is -0.479 e. The number of aliphatic carboxylic acids is 2. The number of alkyl halides is 1. The van der Waals surface area contributed by atoms with Crippen LogP contribution in [0.4, 0.5) is 10.2 Å². The predicted octanol–water partition coefficient (Wildman–Crippen LogP) is 0.856. The van der Waals surface area contributed by atoms with Crippen LogP contribution in [-0.4, -0.2) is 87.6 Å². The highest BCUT2D eigenvalue weighted by Crippen LogP contribution is 2.37. The van der Waals surface area contributed by atoms with Gasteiger partial charge in [0, 0.05) is 12.6 Å². The molecule has 0 unspecified atom stereocenters. The SMILES string of the molecule is Nc1nc(Cl)nc2c1ncn2[C@@]1(F)CO[C@H](COC(Cc2cnn(Cc3ccccc3)c2)(C(=O)O)C(=O)O)[C@H]1O. The number of aromatic nitrogens is 6. The van der Waals surface area contributed by atoms with Gasteiger partial charge in [0.05, 0.1) is 25.7 Å². The van der Waals surface area contributed by atoms with Crippen LogP contribution in [0.1, 0.15) is 11.1 Å². The van der Waals surface area contributed by atoms with Gasteiger partial charge in [0.1, 0.15) is 24.3 Å². The molecule has 0 spiro atoms. The van der Waals surface area contributed by atoms with Gasteiger partial charge in [-0.15, -0.1) is 0 Å². The van der Waals surface area contributed by atoms with E-state index in [1.165, 1.54) is 17.1 Å². The minimum atomic E-state index is -2.78. The first kappa shape index (κ1) is 27.4. The van der Waals surface area contributed by atoms with Crippen LogP contribution < -0.4 is 5.73 Å². The lowest BCUT2D eigenvalue weighted by molar-refractivity contribution is -0.188. The summed E-state index contributed by atoms with van der Waals surface area (Å²) >= 11 is 5.84. The molecule has 16 heteroatoms. The Bertz CT molecular complexity index is 1550. The summed E-state index contributed by atoms with van der Waals surface area (Å²) in [7, 11) is 0. The zero-order valence-corrected chi connectivity index (χ0v) is 21.3. The first-order valence-electron chi connectivity index (χ1n) is 11.8. The molecule has 0 amide bonds. The third-order valence-corrected chi connectivity index (χ3v) is 6.78. The Labute approximate surface area is 229 Å². The molecule has 4 heterocycles. The molecule has 0 saturated carbocycles. The van der Waals surface area contributed by atoms with Crippen molar-refractivity contribution in [2.24, 2.45) is 0 Å². The van der Waals surface area contributed by atoms with Gasteiger partial charge >= 0.3 is 11.9 Å². The number of aliphatic hydroxyl groups is 1. The molecule has 1 aliphatic rings. The van der Waals surface area contributed by atoms with E-state index >= 15 is 4.39 Å². The van der Waals surface area contributed by atoms with E-state index in [1.54, 1.807) is 0 Å². The number of fused-ring (bicyclic) bond motifs is 1. The number of hydrogen-bond acceptors (Lipinski definition) is 10. The maximum atomic E-state index is 16.1. The number of carboxylic acids is 2. The molecule has 0 bridgehead atoms. The highest BCUT2D eigenvalue weighted by atomic mass is 35.5. The van der Waals surface area contributed by atoms with E-state index in [0.29, 0.717) is 6.54 Å². The Kier molecular flexibility index (Phi) is 7.14. The van der Waals surface area contributed by atoms with Crippen molar-refractivity contribution in [1.82, 2.24) is 29.3 Å². The van der Waals surface area contributed by atoms with Gasteiger partial charge in [-0.3, -0.25) is 9.25 Å². The molecule has 210 valence electrons. The molecular formula is C24H23ClFN7O7. The number of carbonyl (C=O) groups is 2. The number of rotatable bonds is 10. The van der Waals surface area contributed by atoms with Crippen molar-refractivity contribution in [2.75, 3.05) is 18.9 Å². The van der Waals surface area contributed by atoms with Crippen molar-refractivity contribution < 1.29 is 38.8 Å². The topological polar surface area (TPSA) is 201 Å². The largest absolute Gasteiger partial charge is 0.479 e. The van der Waals surface area contributed by atoms with Gasteiger partial charge < -0.3 is 30.5 Å². The van der Waals surface area contributed by atoms with Crippen LogP contribution in [-0.2, 0) is 37.8 Å². The van der Waals surface area contributed by atoms with Crippen LogP contribution in [0.3, 0.4) is 0 Å². The first-order chi connectivity index (χ1) is 19.0. The fourth-order valence-electron chi connectivity index (χ4n) is 4.49. The lowest BCUT2D eigenvalue weighted by Crippen LogP contribution is -2.53. The minimum absolute atomic E-state index is 0.0388. The molecule has 1 aliphatic heterocycles. The van der Waals surface area contributed by atoms with E-state index in [9.17, 15) is 24.9 Å². The fourth-order valence-corrected chi connectivity index (χ4v) is 4.66. The monoisotopic (exact) mass is 575 g/mol. The summed E-state index contributed by atoms with van der Waals surface area (Å²) in [5.41, 5.74) is 4.12.